The van der Waals surface area contributed by atoms with E-state index in [2.05, 4.69) is 15.3 Å². The minimum atomic E-state index is -4.45. The van der Waals surface area contributed by atoms with Crippen molar-refractivity contribution in [3.8, 4) is 0 Å². The Bertz CT molecular complexity index is 453. The highest BCUT2D eigenvalue weighted by Gasteiger charge is 2.32. The van der Waals surface area contributed by atoms with Crippen LogP contribution in [0, 0.1) is 5.92 Å². The summed E-state index contributed by atoms with van der Waals surface area (Å²) in [7, 11) is 0. The SMILES string of the molecule is OC1CCCCC1CCCNc1nccc(C(F)(F)F)n1. The van der Waals surface area contributed by atoms with Gasteiger partial charge in [-0.2, -0.15) is 13.2 Å². The Labute approximate surface area is 121 Å². The quantitative estimate of drug-likeness (QED) is 0.820. The van der Waals surface area contributed by atoms with Crippen molar-refractivity contribution in [1.29, 1.82) is 0 Å². The molecule has 1 aromatic rings. The van der Waals surface area contributed by atoms with E-state index in [-0.39, 0.29) is 12.1 Å². The van der Waals surface area contributed by atoms with E-state index in [1.54, 1.807) is 0 Å². The summed E-state index contributed by atoms with van der Waals surface area (Å²) in [5.74, 6) is 0.303. The summed E-state index contributed by atoms with van der Waals surface area (Å²) < 4.78 is 37.5. The Morgan fingerprint density at radius 2 is 2.05 bits per heavy atom. The number of halogens is 3. The summed E-state index contributed by atoms with van der Waals surface area (Å²) in [6.45, 7) is 0.504. The third kappa shape index (κ3) is 4.84. The highest BCUT2D eigenvalue weighted by Crippen LogP contribution is 2.28. The second-order valence-corrected chi connectivity index (χ2v) is 5.44. The molecule has 1 aliphatic carbocycles. The van der Waals surface area contributed by atoms with Crippen LogP contribution in [0.5, 0.6) is 0 Å². The maximum absolute atomic E-state index is 12.5. The smallest absolute Gasteiger partial charge is 0.393 e. The fourth-order valence-corrected chi connectivity index (χ4v) is 2.69. The lowest BCUT2D eigenvalue weighted by atomic mass is 9.83. The van der Waals surface area contributed by atoms with Gasteiger partial charge in [0.2, 0.25) is 5.95 Å². The van der Waals surface area contributed by atoms with Gasteiger partial charge in [-0.3, -0.25) is 0 Å². The van der Waals surface area contributed by atoms with Gasteiger partial charge in [-0.1, -0.05) is 12.8 Å². The molecule has 1 aromatic heterocycles. The molecule has 1 aliphatic rings. The van der Waals surface area contributed by atoms with Crippen LogP contribution < -0.4 is 5.32 Å². The number of nitrogens with one attached hydrogen (secondary N) is 1. The van der Waals surface area contributed by atoms with Gasteiger partial charge in [-0.15, -0.1) is 0 Å². The number of rotatable bonds is 5. The van der Waals surface area contributed by atoms with Crippen LogP contribution in [0.25, 0.3) is 0 Å². The van der Waals surface area contributed by atoms with Crippen LogP contribution in [0.2, 0.25) is 0 Å². The van der Waals surface area contributed by atoms with E-state index in [0.717, 1.165) is 50.8 Å². The molecule has 118 valence electrons. The molecule has 2 N–H and O–H groups in total. The number of aromatic nitrogens is 2. The molecule has 1 heterocycles. The highest BCUT2D eigenvalue weighted by atomic mass is 19.4. The number of aliphatic hydroxyl groups is 1. The number of anilines is 1. The number of nitrogens with zero attached hydrogens (tertiary/aromatic N) is 2. The minimum absolute atomic E-state index is 0.00554. The predicted molar refractivity (Wildman–Crippen MR) is 72.7 cm³/mol. The van der Waals surface area contributed by atoms with Gasteiger partial charge >= 0.3 is 6.18 Å². The van der Waals surface area contributed by atoms with Crippen LogP contribution in [0.3, 0.4) is 0 Å². The van der Waals surface area contributed by atoms with Gasteiger partial charge in [0, 0.05) is 12.7 Å². The molecular weight excluding hydrogens is 283 g/mol. The molecule has 2 atom stereocenters. The standard InChI is InChI=1S/C14H20F3N3O/c15-14(16,17)12-7-9-19-13(20-12)18-8-3-5-10-4-1-2-6-11(10)21/h7,9-11,21H,1-6,8H2,(H,18,19,20). The maximum Gasteiger partial charge on any atom is 0.433 e. The fraction of sp³-hybridized carbons (Fsp3) is 0.714. The molecule has 2 rings (SSSR count). The van der Waals surface area contributed by atoms with Crippen molar-refractivity contribution >= 4 is 5.95 Å². The topological polar surface area (TPSA) is 58.0 Å². The van der Waals surface area contributed by atoms with Crippen LogP contribution in [0.15, 0.2) is 12.3 Å². The van der Waals surface area contributed by atoms with Crippen LogP contribution in [-0.2, 0) is 6.18 Å². The van der Waals surface area contributed by atoms with Crippen molar-refractivity contribution in [2.75, 3.05) is 11.9 Å². The number of alkyl halides is 3. The first-order valence-electron chi connectivity index (χ1n) is 7.29. The third-order valence-electron chi connectivity index (χ3n) is 3.85. The van der Waals surface area contributed by atoms with E-state index in [1.807, 2.05) is 0 Å². The van der Waals surface area contributed by atoms with Crippen molar-refractivity contribution in [1.82, 2.24) is 9.97 Å². The zero-order valence-corrected chi connectivity index (χ0v) is 11.7. The first-order valence-corrected chi connectivity index (χ1v) is 7.29. The van der Waals surface area contributed by atoms with Crippen molar-refractivity contribution in [2.24, 2.45) is 5.92 Å². The van der Waals surface area contributed by atoms with Crippen molar-refractivity contribution in [3.63, 3.8) is 0 Å². The molecule has 7 heteroatoms. The monoisotopic (exact) mass is 303 g/mol. The third-order valence-corrected chi connectivity index (χ3v) is 3.85. The molecule has 0 amide bonds. The Morgan fingerprint density at radius 3 is 2.76 bits per heavy atom. The van der Waals surface area contributed by atoms with Gasteiger partial charge in [0.15, 0.2) is 0 Å². The summed E-state index contributed by atoms with van der Waals surface area (Å²) in [6.07, 6.45) is 2.17. The molecule has 0 saturated heterocycles. The van der Waals surface area contributed by atoms with Crippen LogP contribution in [0.1, 0.15) is 44.2 Å². The second kappa shape index (κ2) is 7.06. The number of hydrogen-bond donors (Lipinski definition) is 2. The number of hydrogen-bond acceptors (Lipinski definition) is 4. The van der Waals surface area contributed by atoms with Crippen LogP contribution in [0.4, 0.5) is 19.1 Å². The lowest BCUT2D eigenvalue weighted by molar-refractivity contribution is -0.141. The average Bonchev–Trinajstić information content (AvgIpc) is 2.45. The van der Waals surface area contributed by atoms with Crippen molar-refractivity contribution in [3.05, 3.63) is 18.0 Å². The van der Waals surface area contributed by atoms with Gasteiger partial charge in [0.1, 0.15) is 5.69 Å². The fourth-order valence-electron chi connectivity index (χ4n) is 2.69. The van der Waals surface area contributed by atoms with Gasteiger partial charge in [0.25, 0.3) is 0 Å². The van der Waals surface area contributed by atoms with Crippen molar-refractivity contribution < 1.29 is 18.3 Å². The Balaban J connectivity index is 1.76. The van der Waals surface area contributed by atoms with Gasteiger partial charge < -0.3 is 10.4 Å². The molecule has 2 unspecified atom stereocenters. The van der Waals surface area contributed by atoms with E-state index in [0.29, 0.717) is 12.5 Å². The largest absolute Gasteiger partial charge is 0.433 e. The van der Waals surface area contributed by atoms with Gasteiger partial charge in [-0.25, -0.2) is 9.97 Å². The van der Waals surface area contributed by atoms with E-state index < -0.39 is 11.9 Å². The summed E-state index contributed by atoms with van der Waals surface area (Å²) in [5.41, 5.74) is -0.942. The maximum atomic E-state index is 12.5. The normalized spacial score (nSPS) is 23.0. The molecule has 1 fully saturated rings. The summed E-state index contributed by atoms with van der Waals surface area (Å²) in [6, 6.07) is 0.851. The Morgan fingerprint density at radius 1 is 1.29 bits per heavy atom. The zero-order valence-electron chi connectivity index (χ0n) is 11.7. The van der Waals surface area contributed by atoms with E-state index >= 15 is 0 Å². The van der Waals surface area contributed by atoms with Crippen LogP contribution in [-0.4, -0.2) is 27.7 Å². The molecular formula is C14H20F3N3O. The van der Waals surface area contributed by atoms with Gasteiger partial charge in [-0.05, 0) is 37.7 Å². The van der Waals surface area contributed by atoms with Crippen LogP contribution >= 0.6 is 0 Å². The first kappa shape index (κ1) is 16.0. The average molecular weight is 303 g/mol. The van der Waals surface area contributed by atoms with E-state index in [4.69, 9.17) is 0 Å². The second-order valence-electron chi connectivity index (χ2n) is 5.44. The number of aliphatic hydroxyl groups excluding tert-OH is 1. The minimum Gasteiger partial charge on any atom is -0.393 e. The molecule has 21 heavy (non-hydrogen) atoms. The van der Waals surface area contributed by atoms with E-state index in [9.17, 15) is 18.3 Å². The Kier molecular flexibility index (Phi) is 5.39. The highest BCUT2D eigenvalue weighted by molar-refractivity contribution is 5.25. The predicted octanol–water partition coefficient (Wildman–Crippen LogP) is 3.24. The molecule has 0 aromatic carbocycles. The molecule has 0 bridgehead atoms. The first-order chi connectivity index (χ1) is 9.97. The summed E-state index contributed by atoms with van der Waals surface area (Å²) in [5, 5.41) is 12.6. The lowest BCUT2D eigenvalue weighted by Gasteiger charge is -2.27. The molecule has 0 spiro atoms. The lowest BCUT2D eigenvalue weighted by Crippen LogP contribution is -2.24. The molecule has 4 nitrogen and oxygen atoms in total. The van der Waals surface area contributed by atoms with E-state index in [1.165, 1.54) is 0 Å². The summed E-state index contributed by atoms with van der Waals surface area (Å²) in [4.78, 5) is 7.23. The molecule has 1 saturated carbocycles. The molecule has 0 radical (unpaired) electrons. The molecule has 0 aliphatic heterocycles. The summed E-state index contributed by atoms with van der Waals surface area (Å²) >= 11 is 0. The van der Waals surface area contributed by atoms with Crippen molar-refractivity contribution in [2.45, 2.75) is 50.8 Å². The zero-order chi connectivity index (χ0) is 15.3. The Hall–Kier alpha value is -1.37. The van der Waals surface area contributed by atoms with Gasteiger partial charge in [0.05, 0.1) is 6.10 Å².